The van der Waals surface area contributed by atoms with E-state index in [4.69, 9.17) is 16.3 Å². The second-order valence-electron chi connectivity index (χ2n) is 9.31. The van der Waals surface area contributed by atoms with Crippen molar-refractivity contribution in [3.8, 4) is 5.75 Å². The standard InChI is InChI=1S/C29H32ClF3O/c1-18(2)23-13-9-11-22(28(23)34-5)17-20(4)25-14-8-10-21(27(25)29(31,32)33)16-19(3)24-12-6-7-15-26(24)30/h6-15,18-20H,16-17H2,1-5H3. The van der Waals surface area contributed by atoms with Crippen LogP contribution in [0.1, 0.15) is 78.8 Å². The number of para-hydroxylation sites is 1. The van der Waals surface area contributed by atoms with E-state index >= 15 is 0 Å². The summed E-state index contributed by atoms with van der Waals surface area (Å²) in [6.07, 6.45) is -3.74. The summed E-state index contributed by atoms with van der Waals surface area (Å²) in [5.74, 6) is 0.527. The molecule has 0 aliphatic carbocycles. The van der Waals surface area contributed by atoms with Crippen molar-refractivity contribution < 1.29 is 17.9 Å². The Morgan fingerprint density at radius 1 is 0.735 bits per heavy atom. The quantitative estimate of drug-likeness (QED) is 0.307. The van der Waals surface area contributed by atoms with Crippen molar-refractivity contribution in [3.63, 3.8) is 0 Å². The Labute approximate surface area is 205 Å². The first kappa shape index (κ1) is 26.2. The lowest BCUT2D eigenvalue weighted by Crippen LogP contribution is -2.17. The minimum atomic E-state index is -4.45. The number of benzene rings is 3. The molecule has 5 heteroatoms. The number of methoxy groups -OCH3 is 1. The van der Waals surface area contributed by atoms with Crippen LogP contribution in [0.2, 0.25) is 5.02 Å². The zero-order chi connectivity index (χ0) is 25.0. The van der Waals surface area contributed by atoms with Gasteiger partial charge < -0.3 is 4.74 Å². The fraction of sp³-hybridized carbons (Fsp3) is 0.379. The third-order valence-corrected chi connectivity index (χ3v) is 6.78. The van der Waals surface area contributed by atoms with Crippen LogP contribution in [-0.4, -0.2) is 7.11 Å². The van der Waals surface area contributed by atoms with Gasteiger partial charge in [-0.15, -0.1) is 0 Å². The van der Waals surface area contributed by atoms with E-state index in [-0.39, 0.29) is 24.2 Å². The van der Waals surface area contributed by atoms with Gasteiger partial charge in [0.15, 0.2) is 0 Å². The van der Waals surface area contributed by atoms with E-state index in [0.717, 1.165) is 22.4 Å². The van der Waals surface area contributed by atoms with E-state index in [1.807, 2.05) is 50.2 Å². The molecule has 2 unspecified atom stereocenters. The van der Waals surface area contributed by atoms with E-state index in [1.54, 1.807) is 31.4 Å². The number of hydrogen-bond acceptors (Lipinski definition) is 1. The normalized spacial score (nSPS) is 13.7. The predicted molar refractivity (Wildman–Crippen MR) is 134 cm³/mol. The lowest BCUT2D eigenvalue weighted by Gasteiger charge is -2.24. The maximum Gasteiger partial charge on any atom is 0.416 e. The molecule has 3 aromatic rings. The van der Waals surface area contributed by atoms with Crippen molar-refractivity contribution >= 4 is 11.6 Å². The van der Waals surface area contributed by atoms with Crippen molar-refractivity contribution in [3.05, 3.63) is 99.1 Å². The minimum absolute atomic E-state index is 0.150. The Bertz CT molecular complexity index is 1120. The van der Waals surface area contributed by atoms with Crippen LogP contribution in [0.5, 0.6) is 5.75 Å². The summed E-state index contributed by atoms with van der Waals surface area (Å²) in [6, 6.07) is 18.2. The van der Waals surface area contributed by atoms with Crippen LogP contribution in [0, 0.1) is 0 Å². The molecular weight excluding hydrogens is 457 g/mol. The Hall–Kier alpha value is -2.46. The zero-order valence-corrected chi connectivity index (χ0v) is 21.1. The topological polar surface area (TPSA) is 9.23 Å². The molecule has 182 valence electrons. The van der Waals surface area contributed by atoms with Crippen molar-refractivity contribution in [2.75, 3.05) is 7.11 Å². The van der Waals surface area contributed by atoms with Gasteiger partial charge in [-0.25, -0.2) is 0 Å². The third kappa shape index (κ3) is 5.78. The summed E-state index contributed by atoms with van der Waals surface area (Å²) < 4.78 is 48.9. The molecule has 0 aliphatic rings. The van der Waals surface area contributed by atoms with Crippen molar-refractivity contribution in [1.29, 1.82) is 0 Å². The Balaban J connectivity index is 2.00. The molecule has 0 bridgehead atoms. The zero-order valence-electron chi connectivity index (χ0n) is 20.3. The molecule has 0 aliphatic heterocycles. The number of rotatable bonds is 8. The maximum atomic E-state index is 14.4. The highest BCUT2D eigenvalue weighted by molar-refractivity contribution is 6.31. The Morgan fingerprint density at radius 3 is 1.85 bits per heavy atom. The van der Waals surface area contributed by atoms with E-state index in [0.29, 0.717) is 22.6 Å². The van der Waals surface area contributed by atoms with E-state index in [9.17, 15) is 13.2 Å². The summed E-state index contributed by atoms with van der Waals surface area (Å²) in [6.45, 7) is 7.93. The number of halogens is 4. The molecule has 0 saturated carbocycles. The van der Waals surface area contributed by atoms with E-state index < -0.39 is 11.7 Å². The molecule has 3 rings (SSSR count). The monoisotopic (exact) mass is 488 g/mol. The highest BCUT2D eigenvalue weighted by Gasteiger charge is 2.37. The van der Waals surface area contributed by atoms with Gasteiger partial charge in [-0.05, 0) is 64.5 Å². The SMILES string of the molecule is COc1c(CC(C)c2cccc(CC(C)c3ccccc3Cl)c2C(F)(F)F)cccc1C(C)C. The first-order valence-corrected chi connectivity index (χ1v) is 12.0. The second kappa shape index (κ2) is 10.9. The predicted octanol–water partition coefficient (Wildman–Crippen LogP) is 9.18. The fourth-order valence-electron chi connectivity index (χ4n) is 4.77. The lowest BCUT2D eigenvalue weighted by atomic mass is 9.84. The van der Waals surface area contributed by atoms with Gasteiger partial charge in [0.25, 0.3) is 0 Å². The molecule has 0 aromatic heterocycles. The first-order valence-electron chi connectivity index (χ1n) is 11.6. The molecule has 0 amide bonds. The van der Waals surface area contributed by atoms with Crippen molar-refractivity contribution in [2.45, 2.75) is 64.5 Å². The Kier molecular flexibility index (Phi) is 8.35. The van der Waals surface area contributed by atoms with E-state index in [2.05, 4.69) is 13.8 Å². The average molecular weight is 489 g/mol. The second-order valence-corrected chi connectivity index (χ2v) is 9.71. The number of hydrogen-bond donors (Lipinski definition) is 0. The molecule has 0 spiro atoms. The summed E-state index contributed by atoms with van der Waals surface area (Å²) >= 11 is 6.32. The molecule has 0 fully saturated rings. The summed E-state index contributed by atoms with van der Waals surface area (Å²) in [7, 11) is 1.62. The number of ether oxygens (including phenoxy) is 1. The lowest BCUT2D eigenvalue weighted by molar-refractivity contribution is -0.139. The van der Waals surface area contributed by atoms with Crippen LogP contribution in [0.25, 0.3) is 0 Å². The van der Waals surface area contributed by atoms with Crippen LogP contribution in [0.3, 0.4) is 0 Å². The summed E-state index contributed by atoms with van der Waals surface area (Å²) in [4.78, 5) is 0. The molecular formula is C29H32ClF3O. The molecule has 0 N–H and O–H groups in total. The van der Waals surface area contributed by atoms with Crippen LogP contribution in [0.4, 0.5) is 13.2 Å². The largest absolute Gasteiger partial charge is 0.496 e. The average Bonchev–Trinajstić information content (AvgIpc) is 2.78. The van der Waals surface area contributed by atoms with Gasteiger partial charge in [0.2, 0.25) is 0 Å². The van der Waals surface area contributed by atoms with Gasteiger partial charge in [-0.3, -0.25) is 0 Å². The molecule has 0 heterocycles. The van der Waals surface area contributed by atoms with Crippen LogP contribution >= 0.6 is 11.6 Å². The third-order valence-electron chi connectivity index (χ3n) is 6.44. The highest BCUT2D eigenvalue weighted by Crippen LogP contribution is 2.41. The molecule has 1 nitrogen and oxygen atoms in total. The first-order chi connectivity index (χ1) is 16.0. The van der Waals surface area contributed by atoms with Gasteiger partial charge in [0.05, 0.1) is 12.7 Å². The highest BCUT2D eigenvalue weighted by atomic mass is 35.5. The van der Waals surface area contributed by atoms with Gasteiger partial charge in [0, 0.05) is 5.02 Å². The van der Waals surface area contributed by atoms with Gasteiger partial charge in [-0.2, -0.15) is 13.2 Å². The Morgan fingerprint density at radius 2 is 1.26 bits per heavy atom. The summed E-state index contributed by atoms with van der Waals surface area (Å²) in [5.41, 5.74) is 2.92. The molecule has 34 heavy (non-hydrogen) atoms. The molecule has 2 atom stereocenters. The van der Waals surface area contributed by atoms with Crippen molar-refractivity contribution in [2.24, 2.45) is 0 Å². The van der Waals surface area contributed by atoms with Crippen LogP contribution in [0.15, 0.2) is 60.7 Å². The maximum absolute atomic E-state index is 14.4. The number of alkyl halides is 3. The minimum Gasteiger partial charge on any atom is -0.496 e. The smallest absolute Gasteiger partial charge is 0.416 e. The fourth-order valence-corrected chi connectivity index (χ4v) is 5.09. The van der Waals surface area contributed by atoms with Crippen LogP contribution < -0.4 is 4.74 Å². The van der Waals surface area contributed by atoms with Gasteiger partial charge in [0.1, 0.15) is 5.75 Å². The van der Waals surface area contributed by atoms with Crippen LogP contribution in [-0.2, 0) is 19.0 Å². The molecule has 0 radical (unpaired) electrons. The van der Waals surface area contributed by atoms with E-state index in [1.165, 1.54) is 0 Å². The van der Waals surface area contributed by atoms with Crippen molar-refractivity contribution in [1.82, 2.24) is 0 Å². The molecule has 0 saturated heterocycles. The summed E-state index contributed by atoms with van der Waals surface area (Å²) in [5, 5.41) is 0.574. The van der Waals surface area contributed by atoms with Gasteiger partial charge >= 0.3 is 6.18 Å². The molecule has 3 aromatic carbocycles. The van der Waals surface area contributed by atoms with Gasteiger partial charge in [-0.1, -0.05) is 93.9 Å².